The first-order valence-electron chi connectivity index (χ1n) is 6.96. The van der Waals surface area contributed by atoms with Crippen LogP contribution < -0.4 is 10.1 Å². The van der Waals surface area contributed by atoms with Crippen LogP contribution >= 0.6 is 11.3 Å². The first kappa shape index (κ1) is 14.5. The molecule has 0 aliphatic heterocycles. The summed E-state index contributed by atoms with van der Waals surface area (Å²) in [6.07, 6.45) is 1.77. The maximum Gasteiger partial charge on any atom is 0.188 e. The van der Waals surface area contributed by atoms with Crippen molar-refractivity contribution in [3.05, 3.63) is 53.0 Å². The van der Waals surface area contributed by atoms with Gasteiger partial charge in [0.05, 0.1) is 12.8 Å². The fraction of sp³-hybridized carbons (Fsp3) is 0.176. The van der Waals surface area contributed by atoms with Gasteiger partial charge in [0.1, 0.15) is 11.6 Å². The zero-order valence-electron chi connectivity index (χ0n) is 12.8. The molecule has 0 saturated heterocycles. The molecule has 0 unspecified atom stereocenters. The van der Waals surface area contributed by atoms with Gasteiger partial charge in [0.2, 0.25) is 0 Å². The van der Waals surface area contributed by atoms with Crippen molar-refractivity contribution in [2.75, 3.05) is 12.4 Å². The summed E-state index contributed by atoms with van der Waals surface area (Å²) in [5.41, 5.74) is 4.23. The number of thiazole rings is 1. The Bertz CT molecular complexity index is 798. The number of hydrogen-bond donors (Lipinski definition) is 1. The monoisotopic (exact) mass is 311 g/mol. The number of rotatable bonds is 4. The van der Waals surface area contributed by atoms with Crippen molar-refractivity contribution < 1.29 is 4.74 Å². The maximum atomic E-state index is 5.29. The van der Waals surface area contributed by atoms with Gasteiger partial charge in [-0.25, -0.2) is 9.97 Å². The molecule has 0 atom stereocenters. The van der Waals surface area contributed by atoms with Gasteiger partial charge in [-0.05, 0) is 49.2 Å². The van der Waals surface area contributed by atoms with Gasteiger partial charge in [-0.3, -0.25) is 0 Å². The molecule has 0 fully saturated rings. The smallest absolute Gasteiger partial charge is 0.188 e. The normalized spacial score (nSPS) is 10.5. The second kappa shape index (κ2) is 6.15. The van der Waals surface area contributed by atoms with E-state index in [2.05, 4.69) is 21.4 Å². The molecule has 5 heteroatoms. The Morgan fingerprint density at radius 2 is 2.00 bits per heavy atom. The Morgan fingerprint density at radius 1 is 1.14 bits per heavy atom. The quantitative estimate of drug-likeness (QED) is 0.766. The number of benzene rings is 1. The number of aromatic nitrogens is 2. The highest BCUT2D eigenvalue weighted by Gasteiger charge is 2.08. The number of nitrogens with zero attached hydrogens (tertiary/aromatic N) is 2. The van der Waals surface area contributed by atoms with Gasteiger partial charge in [0, 0.05) is 17.1 Å². The maximum absolute atomic E-state index is 5.29. The zero-order chi connectivity index (χ0) is 15.5. The van der Waals surface area contributed by atoms with Crippen molar-refractivity contribution in [1.29, 1.82) is 0 Å². The van der Waals surface area contributed by atoms with Crippen LogP contribution in [0.25, 0.3) is 11.3 Å². The molecule has 3 aromatic rings. The number of methoxy groups -OCH3 is 1. The molecule has 1 aromatic carbocycles. The van der Waals surface area contributed by atoms with Gasteiger partial charge in [0.25, 0.3) is 0 Å². The van der Waals surface area contributed by atoms with Crippen LogP contribution in [0, 0.1) is 13.8 Å². The molecule has 0 aliphatic rings. The molecule has 3 rings (SSSR count). The summed E-state index contributed by atoms with van der Waals surface area (Å²) in [5.74, 6) is 1.73. The molecule has 1 N–H and O–H groups in total. The van der Waals surface area contributed by atoms with E-state index in [1.807, 2.05) is 43.5 Å². The molecule has 2 aromatic heterocycles. The molecule has 112 valence electrons. The second-order valence-electron chi connectivity index (χ2n) is 5.02. The van der Waals surface area contributed by atoms with Crippen molar-refractivity contribution in [3.63, 3.8) is 0 Å². The van der Waals surface area contributed by atoms with Crippen LogP contribution in [0.3, 0.4) is 0 Å². The lowest BCUT2D eigenvalue weighted by molar-refractivity contribution is 0.412. The van der Waals surface area contributed by atoms with E-state index in [4.69, 9.17) is 4.74 Å². The van der Waals surface area contributed by atoms with Gasteiger partial charge >= 0.3 is 0 Å². The molecule has 0 spiro atoms. The number of nitrogens with one attached hydrogen (secondary N) is 1. The lowest BCUT2D eigenvalue weighted by Crippen LogP contribution is -1.95. The molecule has 2 heterocycles. The summed E-state index contributed by atoms with van der Waals surface area (Å²) >= 11 is 1.57. The fourth-order valence-corrected chi connectivity index (χ4v) is 2.94. The number of hydrogen-bond acceptors (Lipinski definition) is 5. The average molecular weight is 311 g/mol. The minimum Gasteiger partial charge on any atom is -0.496 e. The average Bonchev–Trinajstić information content (AvgIpc) is 2.98. The van der Waals surface area contributed by atoms with Gasteiger partial charge in [-0.2, -0.15) is 0 Å². The number of aryl methyl sites for hydroxylation is 2. The molecule has 0 saturated carbocycles. The molecule has 4 nitrogen and oxygen atoms in total. The van der Waals surface area contributed by atoms with E-state index in [0.717, 1.165) is 39.1 Å². The lowest BCUT2D eigenvalue weighted by Gasteiger charge is -2.06. The van der Waals surface area contributed by atoms with Crippen LogP contribution in [0.2, 0.25) is 0 Å². The Kier molecular flexibility index (Phi) is 4.06. The van der Waals surface area contributed by atoms with Gasteiger partial charge in [0.15, 0.2) is 5.13 Å². The summed E-state index contributed by atoms with van der Waals surface area (Å²) in [5, 5.41) is 6.15. The van der Waals surface area contributed by atoms with Crippen LogP contribution in [-0.4, -0.2) is 17.1 Å². The molecular formula is C17H17N3OS. The first-order chi connectivity index (χ1) is 10.7. The minimum absolute atomic E-state index is 0.838. The Morgan fingerprint density at radius 3 is 2.73 bits per heavy atom. The van der Waals surface area contributed by atoms with Crippen molar-refractivity contribution in [3.8, 4) is 17.0 Å². The van der Waals surface area contributed by atoms with Gasteiger partial charge in [-0.15, -0.1) is 11.3 Å². The standard InChI is InChI=1S/C17H17N3OS/c1-11-5-4-8-18-16(11)20-17-19-14(10-22-17)13-6-7-15(21-3)12(2)9-13/h4-10H,1-3H3,(H,18,19,20). The van der Waals surface area contributed by atoms with Crippen molar-refractivity contribution in [1.82, 2.24) is 9.97 Å². The Balaban J connectivity index is 1.85. The predicted octanol–water partition coefficient (Wildman–Crippen LogP) is 4.57. The van der Waals surface area contributed by atoms with Crippen LogP contribution in [-0.2, 0) is 0 Å². The van der Waals surface area contributed by atoms with E-state index in [1.165, 1.54) is 0 Å². The molecular weight excluding hydrogens is 294 g/mol. The largest absolute Gasteiger partial charge is 0.496 e. The zero-order valence-corrected chi connectivity index (χ0v) is 13.6. The SMILES string of the molecule is COc1ccc(-c2csc(Nc3ncccc3C)n2)cc1C. The number of ether oxygens (including phenoxy) is 1. The fourth-order valence-electron chi connectivity index (χ4n) is 2.22. The third kappa shape index (κ3) is 2.94. The molecule has 0 bridgehead atoms. The molecule has 0 amide bonds. The summed E-state index contributed by atoms with van der Waals surface area (Å²) in [6.45, 7) is 4.06. The summed E-state index contributed by atoms with van der Waals surface area (Å²) in [7, 11) is 1.68. The van der Waals surface area contributed by atoms with Crippen molar-refractivity contribution in [2.45, 2.75) is 13.8 Å². The first-order valence-corrected chi connectivity index (χ1v) is 7.84. The molecule has 0 aliphatic carbocycles. The third-order valence-electron chi connectivity index (χ3n) is 3.43. The van der Waals surface area contributed by atoms with E-state index in [9.17, 15) is 0 Å². The summed E-state index contributed by atoms with van der Waals surface area (Å²) in [6, 6.07) is 10.0. The highest BCUT2D eigenvalue weighted by molar-refractivity contribution is 7.14. The Hall–Kier alpha value is -2.40. The van der Waals surface area contributed by atoms with Crippen LogP contribution in [0.1, 0.15) is 11.1 Å². The van der Waals surface area contributed by atoms with E-state index in [-0.39, 0.29) is 0 Å². The van der Waals surface area contributed by atoms with E-state index in [0.29, 0.717) is 0 Å². The highest BCUT2D eigenvalue weighted by atomic mass is 32.1. The van der Waals surface area contributed by atoms with Crippen LogP contribution in [0.5, 0.6) is 5.75 Å². The third-order valence-corrected chi connectivity index (χ3v) is 4.19. The number of pyridine rings is 1. The Labute approximate surface area is 133 Å². The highest BCUT2D eigenvalue weighted by Crippen LogP contribution is 2.30. The van der Waals surface area contributed by atoms with Gasteiger partial charge in [-0.1, -0.05) is 6.07 Å². The lowest BCUT2D eigenvalue weighted by atomic mass is 10.1. The minimum atomic E-state index is 0.838. The topological polar surface area (TPSA) is 47.0 Å². The molecule has 22 heavy (non-hydrogen) atoms. The van der Waals surface area contributed by atoms with E-state index < -0.39 is 0 Å². The van der Waals surface area contributed by atoms with Gasteiger partial charge < -0.3 is 10.1 Å². The van der Waals surface area contributed by atoms with E-state index >= 15 is 0 Å². The molecule has 0 radical (unpaired) electrons. The van der Waals surface area contributed by atoms with Crippen LogP contribution in [0.15, 0.2) is 41.9 Å². The predicted molar refractivity (Wildman–Crippen MR) is 91.1 cm³/mol. The summed E-state index contributed by atoms with van der Waals surface area (Å²) < 4.78 is 5.29. The van der Waals surface area contributed by atoms with Crippen LogP contribution in [0.4, 0.5) is 10.9 Å². The summed E-state index contributed by atoms with van der Waals surface area (Å²) in [4.78, 5) is 8.97. The van der Waals surface area contributed by atoms with E-state index in [1.54, 1.807) is 24.6 Å². The number of anilines is 2. The second-order valence-corrected chi connectivity index (χ2v) is 5.87. The van der Waals surface area contributed by atoms with Crippen molar-refractivity contribution >= 4 is 22.3 Å². The van der Waals surface area contributed by atoms with Crippen molar-refractivity contribution in [2.24, 2.45) is 0 Å².